The van der Waals surface area contributed by atoms with E-state index in [-0.39, 0.29) is 0 Å². The fourth-order valence-electron chi connectivity index (χ4n) is 18.0. The maximum atomic E-state index is 2.41. The molecule has 0 spiro atoms. The largest absolute Gasteiger partial charge is 0.310 e. The van der Waals surface area contributed by atoms with Crippen LogP contribution in [0.3, 0.4) is 0 Å². The average Bonchev–Trinajstić information content (AvgIpc) is 1.60. The molecule has 0 bridgehead atoms. The lowest BCUT2D eigenvalue weighted by Gasteiger charge is -2.25. The van der Waals surface area contributed by atoms with Crippen molar-refractivity contribution in [3.8, 4) is 78.1 Å². The van der Waals surface area contributed by atoms with Crippen LogP contribution in [0.5, 0.6) is 0 Å². The third-order valence-electron chi connectivity index (χ3n) is 23.1. The van der Waals surface area contributed by atoms with Gasteiger partial charge in [-0.1, -0.05) is 334 Å². The smallest absolute Gasteiger partial charge is 0.0542 e. The summed E-state index contributed by atoms with van der Waals surface area (Å²) in [4.78, 5) is 4.67. The van der Waals surface area contributed by atoms with Crippen LogP contribution in [0, 0.1) is 0 Å². The van der Waals surface area contributed by atoms with E-state index >= 15 is 0 Å². The average molecular weight is 1480 g/mol. The molecule has 0 saturated heterocycles. The maximum absolute atomic E-state index is 2.41. The maximum Gasteiger partial charge on any atom is 0.0542 e. The topological polar surface area (TPSA) is 16.3 Å². The van der Waals surface area contributed by atoms with Gasteiger partial charge in [0.25, 0.3) is 0 Å². The molecule has 4 nitrogen and oxygen atoms in total. The molecule has 0 amide bonds. The summed E-state index contributed by atoms with van der Waals surface area (Å²) >= 11 is 0. The van der Waals surface area contributed by atoms with Crippen LogP contribution < -0.4 is 9.80 Å². The molecule has 0 radical (unpaired) electrons. The first-order valence-electron chi connectivity index (χ1n) is 39.9. The van der Waals surface area contributed by atoms with Gasteiger partial charge in [-0.05, 0) is 237 Å². The van der Waals surface area contributed by atoms with Gasteiger partial charge in [0.05, 0.1) is 22.1 Å². The molecular formula is C112H76N4. The monoisotopic (exact) mass is 1480 g/mol. The molecule has 116 heavy (non-hydrogen) atoms. The number of nitrogens with zero attached hydrogens (tertiary/aromatic N) is 4. The van der Waals surface area contributed by atoms with E-state index in [1.165, 1.54) is 153 Å². The standard InChI is InChI=1S/2C56H38N2/c1-4-17-39(18-5-1)41-19-16-20-42(37-41)56-50-28-12-10-26-48(50)55(49-27-11-13-29-51(49)56)40-31-33-45(34-32-40)58-53-30-15-14-25-47(53)52-38-46(35-36-54(52)58)57(43-21-6-2-7-22-43)44-23-8-3-9-24-44;1-4-18-39(19-5-1)45-24-10-11-26-47(45)56-50-29-14-12-27-48(50)55(49-28-13-15-30-51(49)56)40-32-34-43(35-33-40)58-53-31-17-16-25-46(53)52-38-44(36-37-54(52)58)57(41-20-6-2-7-21-41)42-22-8-3-9-23-42/h2*1-38H. The predicted octanol–water partition coefficient (Wildman–Crippen LogP) is 31.1. The third kappa shape index (κ3) is 12.2. The molecule has 0 atom stereocenters. The zero-order valence-electron chi connectivity index (χ0n) is 63.7. The van der Waals surface area contributed by atoms with Gasteiger partial charge < -0.3 is 18.9 Å². The van der Waals surface area contributed by atoms with Gasteiger partial charge in [0.2, 0.25) is 0 Å². The number of aromatic nitrogens is 2. The Bertz CT molecular complexity index is 7210. The number of fused-ring (bicyclic) bond motifs is 10. The molecule has 0 saturated carbocycles. The van der Waals surface area contributed by atoms with Gasteiger partial charge >= 0.3 is 0 Å². The Balaban J connectivity index is 0.000000145. The molecule has 4 heteroatoms. The molecule has 544 valence electrons. The number of benzene rings is 20. The van der Waals surface area contributed by atoms with Crippen LogP contribution in [0.2, 0.25) is 0 Å². The summed E-state index contributed by atoms with van der Waals surface area (Å²) in [6.45, 7) is 0. The Morgan fingerprint density at radius 2 is 0.414 bits per heavy atom. The van der Waals surface area contributed by atoms with Gasteiger partial charge in [-0.2, -0.15) is 0 Å². The number of rotatable bonds is 14. The minimum atomic E-state index is 1.12. The van der Waals surface area contributed by atoms with Crippen LogP contribution in [0.15, 0.2) is 461 Å². The number of hydrogen-bond acceptors (Lipinski definition) is 2. The molecule has 0 N–H and O–H groups in total. The van der Waals surface area contributed by atoms with Gasteiger partial charge in [0, 0.05) is 67.0 Å². The van der Waals surface area contributed by atoms with E-state index in [9.17, 15) is 0 Å². The van der Waals surface area contributed by atoms with E-state index in [2.05, 4.69) is 480 Å². The molecular weight excluding hydrogens is 1400 g/mol. The molecule has 20 aromatic carbocycles. The molecule has 0 unspecified atom stereocenters. The molecule has 0 fully saturated rings. The highest BCUT2D eigenvalue weighted by atomic mass is 15.1. The molecule has 0 aliphatic rings. The second kappa shape index (κ2) is 29.7. The van der Waals surface area contributed by atoms with Crippen LogP contribution in [-0.2, 0) is 0 Å². The highest BCUT2D eigenvalue weighted by Gasteiger charge is 2.24. The lowest BCUT2D eigenvalue weighted by atomic mass is 9.84. The zero-order chi connectivity index (χ0) is 76.8. The van der Waals surface area contributed by atoms with Crippen molar-refractivity contribution in [2.24, 2.45) is 0 Å². The Morgan fingerprint density at radius 3 is 0.793 bits per heavy atom. The van der Waals surface area contributed by atoms with E-state index in [1.807, 2.05) is 0 Å². The van der Waals surface area contributed by atoms with Gasteiger partial charge in [0.1, 0.15) is 0 Å². The van der Waals surface area contributed by atoms with Gasteiger partial charge in [-0.25, -0.2) is 0 Å². The highest BCUT2D eigenvalue weighted by molar-refractivity contribution is 6.24. The van der Waals surface area contributed by atoms with Crippen molar-refractivity contribution in [3.05, 3.63) is 461 Å². The Labute approximate surface area is 674 Å². The summed E-state index contributed by atoms with van der Waals surface area (Å²) in [5, 5.41) is 14.9. The summed E-state index contributed by atoms with van der Waals surface area (Å²) in [7, 11) is 0. The Morgan fingerprint density at radius 1 is 0.138 bits per heavy atom. The fourth-order valence-corrected chi connectivity index (χ4v) is 18.0. The zero-order valence-corrected chi connectivity index (χ0v) is 63.7. The summed E-state index contributed by atoms with van der Waals surface area (Å²) < 4.78 is 4.82. The number of anilines is 6. The highest BCUT2D eigenvalue weighted by Crippen LogP contribution is 2.50. The van der Waals surface area contributed by atoms with E-state index < -0.39 is 0 Å². The van der Waals surface area contributed by atoms with Crippen molar-refractivity contribution < 1.29 is 0 Å². The minimum Gasteiger partial charge on any atom is -0.310 e. The normalized spacial score (nSPS) is 11.4. The van der Waals surface area contributed by atoms with Crippen molar-refractivity contribution in [2.75, 3.05) is 9.80 Å². The van der Waals surface area contributed by atoms with Crippen LogP contribution >= 0.6 is 0 Å². The third-order valence-corrected chi connectivity index (χ3v) is 23.1. The van der Waals surface area contributed by atoms with Gasteiger partial charge in [0.15, 0.2) is 0 Å². The van der Waals surface area contributed by atoms with Gasteiger partial charge in [-0.15, -0.1) is 0 Å². The van der Waals surface area contributed by atoms with Crippen LogP contribution in [0.4, 0.5) is 34.1 Å². The summed E-state index contributed by atoms with van der Waals surface area (Å²) in [5.41, 5.74) is 28.6. The molecule has 2 heterocycles. The van der Waals surface area contributed by atoms with E-state index in [4.69, 9.17) is 0 Å². The molecule has 22 rings (SSSR count). The first kappa shape index (κ1) is 68.7. The minimum absolute atomic E-state index is 1.12. The Kier molecular flexibility index (Phi) is 17.6. The molecule has 0 aliphatic heterocycles. The molecule has 0 aliphatic carbocycles. The molecule has 22 aromatic rings. The first-order valence-corrected chi connectivity index (χ1v) is 39.9. The summed E-state index contributed by atoms with van der Waals surface area (Å²) in [6.07, 6.45) is 0. The van der Waals surface area contributed by atoms with E-state index in [0.717, 1.165) is 45.5 Å². The fraction of sp³-hybridized carbons (Fsp3) is 0. The summed E-state index contributed by atoms with van der Waals surface area (Å²) in [5.74, 6) is 0. The SMILES string of the molecule is c1ccc(-c2cccc(-c3c4ccccc4c(-c4ccc(-n5c6ccccc6c6cc(N(c7ccccc7)c7ccccc7)ccc65)cc4)c4ccccc34)c2)cc1.c1ccc(-c2ccccc2-c2c3ccccc3c(-c3ccc(-n4c5ccccc5c5cc(N(c6ccccc6)c6ccccc6)ccc54)cc3)c3ccccc23)cc1. The Hall–Kier alpha value is -15.4. The van der Waals surface area contributed by atoms with Crippen LogP contribution in [0.1, 0.15) is 0 Å². The van der Waals surface area contributed by atoms with Gasteiger partial charge in [-0.3, -0.25) is 0 Å². The van der Waals surface area contributed by atoms with E-state index in [1.54, 1.807) is 0 Å². The van der Waals surface area contributed by atoms with Crippen molar-refractivity contribution in [1.82, 2.24) is 9.13 Å². The van der Waals surface area contributed by atoms with Crippen molar-refractivity contribution >= 4 is 121 Å². The lowest BCUT2D eigenvalue weighted by Crippen LogP contribution is -2.09. The number of para-hydroxylation sites is 6. The van der Waals surface area contributed by atoms with E-state index in [0.29, 0.717) is 0 Å². The lowest BCUT2D eigenvalue weighted by molar-refractivity contribution is 1.18. The predicted molar refractivity (Wildman–Crippen MR) is 494 cm³/mol. The van der Waals surface area contributed by atoms with Crippen molar-refractivity contribution in [3.63, 3.8) is 0 Å². The second-order valence-corrected chi connectivity index (χ2v) is 29.8. The number of hydrogen-bond donors (Lipinski definition) is 0. The van der Waals surface area contributed by atoms with Crippen LogP contribution in [0.25, 0.3) is 165 Å². The van der Waals surface area contributed by atoms with Crippen molar-refractivity contribution in [1.29, 1.82) is 0 Å². The van der Waals surface area contributed by atoms with Crippen molar-refractivity contribution in [2.45, 2.75) is 0 Å². The first-order chi connectivity index (χ1) is 57.6. The quantitative estimate of drug-likeness (QED) is 0.101. The second-order valence-electron chi connectivity index (χ2n) is 29.8. The van der Waals surface area contributed by atoms with Crippen LogP contribution in [-0.4, -0.2) is 9.13 Å². The molecule has 2 aromatic heterocycles. The summed E-state index contributed by atoms with van der Waals surface area (Å²) in [6, 6.07) is 167.